The molecule has 0 saturated carbocycles. The zero-order valence-electron chi connectivity index (χ0n) is 11.3. The summed E-state index contributed by atoms with van der Waals surface area (Å²) in [5.74, 6) is -2.76. The summed E-state index contributed by atoms with van der Waals surface area (Å²) < 4.78 is 58.7. The predicted molar refractivity (Wildman–Crippen MR) is 71.1 cm³/mol. The van der Waals surface area contributed by atoms with Gasteiger partial charge in [0.15, 0.2) is 11.6 Å². The SMILES string of the molecule is O=S(=O)(NCC1CCCCO1)c1cc(CO)cc(F)c1F. The van der Waals surface area contributed by atoms with Crippen LogP contribution in [0.25, 0.3) is 0 Å². The van der Waals surface area contributed by atoms with Gasteiger partial charge in [0.2, 0.25) is 10.0 Å². The lowest BCUT2D eigenvalue weighted by Crippen LogP contribution is -2.35. The lowest BCUT2D eigenvalue weighted by molar-refractivity contribution is 0.0200. The number of aliphatic hydroxyl groups excluding tert-OH is 1. The van der Waals surface area contributed by atoms with E-state index >= 15 is 0 Å². The van der Waals surface area contributed by atoms with Crippen LogP contribution in [0.1, 0.15) is 24.8 Å². The third kappa shape index (κ3) is 3.97. The average Bonchev–Trinajstić information content (AvgIpc) is 2.48. The summed E-state index contributed by atoms with van der Waals surface area (Å²) in [7, 11) is -4.20. The van der Waals surface area contributed by atoms with Gasteiger partial charge < -0.3 is 9.84 Å². The lowest BCUT2D eigenvalue weighted by Gasteiger charge is -2.22. The molecule has 1 aliphatic rings. The summed E-state index contributed by atoms with van der Waals surface area (Å²) in [4.78, 5) is -0.803. The van der Waals surface area contributed by atoms with Crippen molar-refractivity contribution in [1.82, 2.24) is 4.72 Å². The molecule has 1 saturated heterocycles. The molecule has 1 aromatic carbocycles. The Morgan fingerprint density at radius 2 is 2.10 bits per heavy atom. The number of sulfonamides is 1. The Bertz CT molecular complexity index is 600. The van der Waals surface area contributed by atoms with E-state index in [1.54, 1.807) is 0 Å². The van der Waals surface area contributed by atoms with Crippen molar-refractivity contribution in [1.29, 1.82) is 0 Å². The van der Waals surface area contributed by atoms with Crippen LogP contribution in [0.3, 0.4) is 0 Å². The molecule has 1 unspecified atom stereocenters. The monoisotopic (exact) mass is 321 g/mol. The van der Waals surface area contributed by atoms with E-state index in [2.05, 4.69) is 4.72 Å². The number of hydrogen-bond acceptors (Lipinski definition) is 4. The van der Waals surface area contributed by atoms with E-state index in [-0.39, 0.29) is 18.2 Å². The standard InChI is InChI=1S/C13H17F2NO4S/c14-11-5-9(8-17)6-12(13(11)15)21(18,19)16-7-10-3-1-2-4-20-10/h5-6,10,16-17H,1-4,7-8H2. The molecular weight excluding hydrogens is 304 g/mol. The molecular formula is C13H17F2NO4S. The molecule has 0 spiro atoms. The Labute approximate surface area is 122 Å². The maximum atomic E-state index is 13.7. The van der Waals surface area contributed by atoms with E-state index in [9.17, 15) is 17.2 Å². The third-order valence-electron chi connectivity index (χ3n) is 3.30. The number of nitrogens with one attached hydrogen (secondary N) is 1. The van der Waals surface area contributed by atoms with Crippen LogP contribution in [-0.4, -0.2) is 32.8 Å². The second kappa shape index (κ2) is 6.78. The molecule has 0 bridgehead atoms. The first kappa shape index (κ1) is 16.3. The van der Waals surface area contributed by atoms with Gasteiger partial charge in [0.25, 0.3) is 0 Å². The van der Waals surface area contributed by atoms with E-state index in [4.69, 9.17) is 9.84 Å². The maximum Gasteiger partial charge on any atom is 0.243 e. The number of rotatable bonds is 5. The molecule has 8 heteroatoms. The van der Waals surface area contributed by atoms with Gasteiger partial charge in [-0.2, -0.15) is 0 Å². The van der Waals surface area contributed by atoms with E-state index < -0.39 is 33.2 Å². The quantitative estimate of drug-likeness (QED) is 0.857. The smallest absolute Gasteiger partial charge is 0.243 e. The fourth-order valence-electron chi connectivity index (χ4n) is 2.15. The van der Waals surface area contributed by atoms with E-state index in [0.29, 0.717) is 6.61 Å². The van der Waals surface area contributed by atoms with Crippen LogP contribution >= 0.6 is 0 Å². The van der Waals surface area contributed by atoms with Gasteiger partial charge in [-0.3, -0.25) is 0 Å². The molecule has 0 aromatic heterocycles. The minimum atomic E-state index is -4.20. The predicted octanol–water partition coefficient (Wildman–Crippen LogP) is 1.30. The summed E-state index contributed by atoms with van der Waals surface area (Å²) in [5, 5.41) is 8.95. The highest BCUT2D eigenvalue weighted by atomic mass is 32.2. The van der Waals surface area contributed by atoms with Gasteiger partial charge in [-0.25, -0.2) is 21.9 Å². The Hall–Kier alpha value is -1.09. The normalized spacial score (nSPS) is 19.7. The molecule has 2 N–H and O–H groups in total. The first-order valence-corrected chi connectivity index (χ1v) is 8.12. The largest absolute Gasteiger partial charge is 0.392 e. The molecule has 5 nitrogen and oxygen atoms in total. The first-order valence-electron chi connectivity index (χ1n) is 6.64. The van der Waals surface area contributed by atoms with Crippen molar-refractivity contribution >= 4 is 10.0 Å². The van der Waals surface area contributed by atoms with Crippen molar-refractivity contribution in [2.75, 3.05) is 13.2 Å². The first-order chi connectivity index (χ1) is 9.94. The summed E-state index contributed by atoms with van der Waals surface area (Å²) >= 11 is 0. The highest BCUT2D eigenvalue weighted by molar-refractivity contribution is 7.89. The van der Waals surface area contributed by atoms with Gasteiger partial charge >= 0.3 is 0 Å². The Balaban J connectivity index is 2.16. The number of benzene rings is 1. The molecule has 1 aliphatic heterocycles. The zero-order chi connectivity index (χ0) is 15.5. The summed E-state index contributed by atoms with van der Waals surface area (Å²) in [6, 6.07) is 1.68. The van der Waals surface area contributed by atoms with Crippen LogP contribution in [0, 0.1) is 11.6 Å². The van der Waals surface area contributed by atoms with Gasteiger partial charge in [0.1, 0.15) is 4.90 Å². The van der Waals surface area contributed by atoms with Gasteiger partial charge in [0.05, 0.1) is 12.7 Å². The van der Waals surface area contributed by atoms with Crippen molar-refractivity contribution in [3.63, 3.8) is 0 Å². The Kier molecular flexibility index (Phi) is 5.26. The van der Waals surface area contributed by atoms with Crippen molar-refractivity contribution in [2.45, 2.75) is 36.9 Å². The summed E-state index contributed by atoms with van der Waals surface area (Å²) in [6.45, 7) is -0.00637. The van der Waals surface area contributed by atoms with E-state index in [1.807, 2.05) is 0 Å². The zero-order valence-corrected chi connectivity index (χ0v) is 12.1. The molecule has 1 aromatic rings. The van der Waals surface area contributed by atoms with Crippen molar-refractivity contribution < 1.29 is 27.0 Å². The van der Waals surface area contributed by atoms with E-state index in [0.717, 1.165) is 31.4 Å². The molecule has 1 heterocycles. The number of hydrogen-bond donors (Lipinski definition) is 2. The van der Waals surface area contributed by atoms with Gasteiger partial charge in [-0.15, -0.1) is 0 Å². The second-order valence-electron chi connectivity index (χ2n) is 4.89. The number of aliphatic hydroxyl groups is 1. The van der Waals surface area contributed by atoms with Crippen LogP contribution in [0.2, 0.25) is 0 Å². The van der Waals surface area contributed by atoms with E-state index in [1.165, 1.54) is 0 Å². The highest BCUT2D eigenvalue weighted by Crippen LogP contribution is 2.20. The van der Waals surface area contributed by atoms with Crippen LogP contribution in [-0.2, 0) is 21.4 Å². The van der Waals surface area contributed by atoms with Crippen molar-refractivity contribution in [3.8, 4) is 0 Å². The average molecular weight is 321 g/mol. The highest BCUT2D eigenvalue weighted by Gasteiger charge is 2.24. The fourth-order valence-corrected chi connectivity index (χ4v) is 3.35. The second-order valence-corrected chi connectivity index (χ2v) is 6.62. The molecule has 0 amide bonds. The molecule has 1 atom stereocenters. The third-order valence-corrected chi connectivity index (χ3v) is 4.72. The van der Waals surface area contributed by atoms with Gasteiger partial charge in [-0.1, -0.05) is 0 Å². The molecule has 21 heavy (non-hydrogen) atoms. The number of halogens is 2. The van der Waals surface area contributed by atoms with Crippen LogP contribution in [0.15, 0.2) is 17.0 Å². The lowest BCUT2D eigenvalue weighted by atomic mass is 10.1. The Morgan fingerprint density at radius 3 is 2.71 bits per heavy atom. The Morgan fingerprint density at radius 1 is 1.33 bits per heavy atom. The molecule has 118 valence electrons. The fraction of sp³-hybridized carbons (Fsp3) is 0.538. The topological polar surface area (TPSA) is 75.6 Å². The van der Waals surface area contributed by atoms with Crippen LogP contribution < -0.4 is 4.72 Å². The van der Waals surface area contributed by atoms with Crippen LogP contribution in [0.4, 0.5) is 8.78 Å². The minimum absolute atomic E-state index is 0.00669. The van der Waals surface area contributed by atoms with Gasteiger partial charge in [-0.05, 0) is 37.0 Å². The van der Waals surface area contributed by atoms with Crippen molar-refractivity contribution in [3.05, 3.63) is 29.3 Å². The minimum Gasteiger partial charge on any atom is -0.392 e. The molecule has 2 rings (SSSR count). The maximum absolute atomic E-state index is 13.7. The molecule has 0 radical (unpaired) electrons. The molecule has 0 aliphatic carbocycles. The van der Waals surface area contributed by atoms with Gasteiger partial charge in [0, 0.05) is 13.2 Å². The summed E-state index contributed by atoms with van der Waals surface area (Å²) in [6.07, 6.45) is 2.33. The van der Waals surface area contributed by atoms with Crippen molar-refractivity contribution in [2.24, 2.45) is 0 Å². The molecule has 1 fully saturated rings. The van der Waals surface area contributed by atoms with Crippen LogP contribution in [0.5, 0.6) is 0 Å². The summed E-state index contributed by atoms with van der Waals surface area (Å²) in [5.41, 5.74) is -0.0109. The number of ether oxygens (including phenoxy) is 1.